The van der Waals surface area contributed by atoms with Gasteiger partial charge in [-0.05, 0) is 34.1 Å². The van der Waals surface area contributed by atoms with E-state index in [0.29, 0.717) is 22.2 Å². The lowest BCUT2D eigenvalue weighted by molar-refractivity contribution is 0.415. The van der Waals surface area contributed by atoms with Gasteiger partial charge < -0.3 is 14.9 Å². The Balaban J connectivity index is 2.32. The highest BCUT2D eigenvalue weighted by Crippen LogP contribution is 2.31. The summed E-state index contributed by atoms with van der Waals surface area (Å²) < 4.78 is 37.3. The molecule has 114 valence electrons. The summed E-state index contributed by atoms with van der Waals surface area (Å²) in [7, 11) is -2.34. The maximum Gasteiger partial charge on any atom is 0.266 e. The molecule has 0 bridgehead atoms. The van der Waals surface area contributed by atoms with Crippen LogP contribution >= 0.6 is 27.5 Å². The molecule has 3 N–H and O–H groups in total. The molecule has 21 heavy (non-hydrogen) atoms. The van der Waals surface area contributed by atoms with Crippen LogP contribution in [-0.4, -0.2) is 15.5 Å². The third-order valence-electron chi connectivity index (χ3n) is 2.60. The minimum atomic E-state index is -3.82. The Kier molecular flexibility index (Phi) is 4.82. The standard InChI is InChI=1S/C12H12BrClN2O4S/c1-19-10-3-2-7(4-9(10)14)16-21(17,18)11-5-8(6-15)20-12(11)13/h2-5,16H,6,15H2,1H3. The lowest BCUT2D eigenvalue weighted by atomic mass is 10.3. The number of furan rings is 1. The Morgan fingerprint density at radius 2 is 2.14 bits per heavy atom. The van der Waals surface area contributed by atoms with Crippen LogP contribution in [0, 0.1) is 0 Å². The summed E-state index contributed by atoms with van der Waals surface area (Å²) in [4.78, 5) is -0.0325. The van der Waals surface area contributed by atoms with E-state index in [-0.39, 0.29) is 16.1 Å². The minimum Gasteiger partial charge on any atom is -0.495 e. The highest BCUT2D eigenvalue weighted by atomic mass is 79.9. The number of anilines is 1. The third kappa shape index (κ3) is 3.52. The van der Waals surface area contributed by atoms with Crippen molar-refractivity contribution in [3.05, 3.63) is 39.7 Å². The molecule has 1 heterocycles. The number of hydrogen-bond donors (Lipinski definition) is 2. The summed E-state index contributed by atoms with van der Waals surface area (Å²) in [6.45, 7) is 0.0997. The summed E-state index contributed by atoms with van der Waals surface area (Å²) in [5, 5.41) is 0.298. The van der Waals surface area contributed by atoms with Crippen molar-refractivity contribution in [1.29, 1.82) is 0 Å². The Bertz CT molecular complexity index is 761. The number of halogens is 2. The number of ether oxygens (including phenoxy) is 1. The number of rotatable bonds is 5. The van der Waals surface area contributed by atoms with Gasteiger partial charge in [0.1, 0.15) is 16.4 Å². The summed E-state index contributed by atoms with van der Waals surface area (Å²) in [6, 6.07) is 5.92. The third-order valence-corrected chi connectivity index (χ3v) is 5.13. The number of sulfonamides is 1. The van der Waals surface area contributed by atoms with E-state index in [1.807, 2.05) is 0 Å². The molecular weight excluding hydrogens is 384 g/mol. The lowest BCUT2D eigenvalue weighted by Gasteiger charge is -2.09. The van der Waals surface area contributed by atoms with Crippen molar-refractivity contribution in [3.8, 4) is 5.75 Å². The van der Waals surface area contributed by atoms with Crippen LogP contribution in [0.3, 0.4) is 0 Å². The molecule has 2 rings (SSSR count). The monoisotopic (exact) mass is 394 g/mol. The Hall–Kier alpha value is -1.22. The van der Waals surface area contributed by atoms with Gasteiger partial charge in [0.05, 0.1) is 24.4 Å². The fraction of sp³-hybridized carbons (Fsp3) is 0.167. The van der Waals surface area contributed by atoms with Gasteiger partial charge in [0.2, 0.25) is 0 Å². The summed E-state index contributed by atoms with van der Waals surface area (Å²) >= 11 is 9.02. The maximum absolute atomic E-state index is 12.3. The number of benzene rings is 1. The van der Waals surface area contributed by atoms with E-state index in [1.54, 1.807) is 12.1 Å². The van der Waals surface area contributed by atoms with Crippen molar-refractivity contribution >= 4 is 43.2 Å². The van der Waals surface area contributed by atoms with Crippen molar-refractivity contribution in [2.75, 3.05) is 11.8 Å². The lowest BCUT2D eigenvalue weighted by Crippen LogP contribution is -2.12. The molecule has 1 aromatic carbocycles. The van der Waals surface area contributed by atoms with Gasteiger partial charge in [-0.3, -0.25) is 4.72 Å². The highest BCUT2D eigenvalue weighted by molar-refractivity contribution is 9.10. The average Bonchev–Trinajstić information content (AvgIpc) is 2.81. The van der Waals surface area contributed by atoms with E-state index < -0.39 is 10.0 Å². The number of hydrogen-bond acceptors (Lipinski definition) is 5. The first-order chi connectivity index (χ1) is 9.87. The molecule has 0 aliphatic carbocycles. The molecule has 0 fully saturated rings. The molecular formula is C12H12BrClN2O4S. The van der Waals surface area contributed by atoms with Crippen LogP contribution in [0.25, 0.3) is 0 Å². The molecule has 0 unspecified atom stereocenters. The smallest absolute Gasteiger partial charge is 0.266 e. The molecule has 1 aromatic heterocycles. The van der Waals surface area contributed by atoms with Crippen LogP contribution in [-0.2, 0) is 16.6 Å². The van der Waals surface area contributed by atoms with Crippen LogP contribution in [0.4, 0.5) is 5.69 Å². The fourth-order valence-corrected chi connectivity index (χ4v) is 3.93. The largest absolute Gasteiger partial charge is 0.495 e. The van der Waals surface area contributed by atoms with Gasteiger partial charge in [0.25, 0.3) is 10.0 Å². The molecule has 0 saturated carbocycles. The first-order valence-electron chi connectivity index (χ1n) is 5.72. The number of methoxy groups -OCH3 is 1. The van der Waals surface area contributed by atoms with Crippen molar-refractivity contribution in [2.45, 2.75) is 11.4 Å². The Morgan fingerprint density at radius 3 is 2.67 bits per heavy atom. The summed E-state index contributed by atoms with van der Waals surface area (Å²) in [6.07, 6.45) is 0. The van der Waals surface area contributed by atoms with Crippen LogP contribution in [0.2, 0.25) is 5.02 Å². The first-order valence-corrected chi connectivity index (χ1v) is 8.37. The molecule has 9 heteroatoms. The minimum absolute atomic E-state index is 0.0325. The van der Waals surface area contributed by atoms with E-state index in [2.05, 4.69) is 20.7 Å². The van der Waals surface area contributed by atoms with E-state index in [9.17, 15) is 8.42 Å². The zero-order valence-electron chi connectivity index (χ0n) is 10.9. The molecule has 0 spiro atoms. The predicted molar refractivity (Wildman–Crippen MR) is 83.1 cm³/mol. The van der Waals surface area contributed by atoms with Crippen LogP contribution in [0.15, 0.2) is 38.2 Å². The van der Waals surface area contributed by atoms with Crippen molar-refractivity contribution in [3.63, 3.8) is 0 Å². The predicted octanol–water partition coefficient (Wildman–Crippen LogP) is 2.96. The van der Waals surface area contributed by atoms with E-state index in [1.165, 1.54) is 19.2 Å². The van der Waals surface area contributed by atoms with Gasteiger partial charge >= 0.3 is 0 Å². The first kappa shape index (κ1) is 16.2. The average molecular weight is 396 g/mol. The highest BCUT2D eigenvalue weighted by Gasteiger charge is 2.22. The van der Waals surface area contributed by atoms with Gasteiger partial charge in [-0.1, -0.05) is 11.6 Å². The van der Waals surface area contributed by atoms with E-state index >= 15 is 0 Å². The topological polar surface area (TPSA) is 94.6 Å². The zero-order valence-corrected chi connectivity index (χ0v) is 14.0. The Labute approximate surface area is 135 Å². The number of nitrogens with two attached hydrogens (primary N) is 1. The molecule has 0 aliphatic rings. The summed E-state index contributed by atoms with van der Waals surface area (Å²) in [5.74, 6) is 0.810. The molecule has 0 amide bonds. The van der Waals surface area contributed by atoms with Gasteiger partial charge in [-0.25, -0.2) is 8.42 Å². The second-order valence-corrected chi connectivity index (χ2v) is 6.79. The van der Waals surface area contributed by atoms with Crippen LogP contribution < -0.4 is 15.2 Å². The van der Waals surface area contributed by atoms with E-state index in [4.69, 9.17) is 26.5 Å². The normalized spacial score (nSPS) is 11.4. The second kappa shape index (κ2) is 6.27. The van der Waals surface area contributed by atoms with Crippen LogP contribution in [0.5, 0.6) is 5.75 Å². The van der Waals surface area contributed by atoms with Gasteiger partial charge in [0, 0.05) is 6.07 Å². The zero-order chi connectivity index (χ0) is 15.6. The van der Waals surface area contributed by atoms with Crippen molar-refractivity contribution in [1.82, 2.24) is 0 Å². The molecule has 2 aromatic rings. The van der Waals surface area contributed by atoms with Gasteiger partial charge in [-0.15, -0.1) is 0 Å². The van der Waals surface area contributed by atoms with Gasteiger partial charge in [-0.2, -0.15) is 0 Å². The fourth-order valence-electron chi connectivity index (χ4n) is 1.62. The van der Waals surface area contributed by atoms with Crippen LogP contribution in [0.1, 0.15) is 5.76 Å². The van der Waals surface area contributed by atoms with E-state index in [0.717, 1.165) is 0 Å². The Morgan fingerprint density at radius 1 is 1.43 bits per heavy atom. The second-order valence-electron chi connectivity index (χ2n) is 4.01. The SMILES string of the molecule is COc1ccc(NS(=O)(=O)c2cc(CN)oc2Br)cc1Cl. The van der Waals surface area contributed by atoms with Crippen molar-refractivity contribution < 1.29 is 17.6 Å². The molecule has 0 saturated heterocycles. The molecule has 0 atom stereocenters. The molecule has 0 radical (unpaired) electrons. The van der Waals surface area contributed by atoms with Gasteiger partial charge in [0.15, 0.2) is 4.67 Å². The molecule has 0 aliphatic heterocycles. The van der Waals surface area contributed by atoms with Crippen molar-refractivity contribution in [2.24, 2.45) is 5.73 Å². The summed E-state index contributed by atoms with van der Waals surface area (Å²) in [5.41, 5.74) is 5.73. The number of nitrogens with one attached hydrogen (secondary N) is 1. The maximum atomic E-state index is 12.3. The molecule has 6 nitrogen and oxygen atoms in total. The quantitative estimate of drug-likeness (QED) is 0.811.